The maximum Gasteiger partial charge on any atom is 1.00 e. The van der Waals surface area contributed by atoms with Crippen LogP contribution in [0, 0.1) is 0 Å². The van der Waals surface area contributed by atoms with Gasteiger partial charge in [-0.05, 0) is 0 Å². The molecule has 0 bridgehead atoms. The fraction of sp³-hybridized carbons (Fsp3) is 0. The van der Waals surface area contributed by atoms with Crippen molar-refractivity contribution in [1.29, 1.82) is 0 Å². The third-order valence-electron chi connectivity index (χ3n) is 1.59. The maximum atomic E-state index is 10.7. The SMILES string of the molecule is O=c1[nH]c(=O)[nH]c(=O)[nH]1.O=c1[nH]c(=O)n(Cl)c(=O)n1Cl.[H-].[Na+]. The van der Waals surface area contributed by atoms with Gasteiger partial charge in [-0.2, -0.15) is 0 Å². The van der Waals surface area contributed by atoms with Crippen LogP contribution in [0.5, 0.6) is 0 Å². The summed E-state index contributed by atoms with van der Waals surface area (Å²) in [7, 11) is 0. The second kappa shape index (κ2) is 7.99. The van der Waals surface area contributed by atoms with Crippen LogP contribution in [-0.4, -0.2) is 28.1 Å². The number of rotatable bonds is 0. The molecule has 0 fully saturated rings. The first kappa shape index (κ1) is 19.4. The fourth-order valence-corrected chi connectivity index (χ4v) is 1.12. The molecule has 0 amide bonds. The molecule has 0 spiro atoms. The molecule has 0 aliphatic carbocycles. The Balaban J connectivity index is 0. The van der Waals surface area contributed by atoms with E-state index < -0.39 is 34.1 Å². The summed E-state index contributed by atoms with van der Waals surface area (Å²) in [6.45, 7) is 0. The van der Waals surface area contributed by atoms with Crippen LogP contribution in [0.25, 0.3) is 0 Å². The van der Waals surface area contributed by atoms with Crippen LogP contribution in [0.2, 0.25) is 0 Å². The van der Waals surface area contributed by atoms with E-state index >= 15 is 0 Å². The molecule has 0 saturated carbocycles. The van der Waals surface area contributed by atoms with Crippen LogP contribution in [0.3, 0.4) is 0 Å². The third-order valence-corrected chi connectivity index (χ3v) is 2.18. The Morgan fingerprint density at radius 1 is 0.667 bits per heavy atom. The minimum absolute atomic E-state index is 0. The van der Waals surface area contributed by atoms with Crippen LogP contribution in [0.4, 0.5) is 0 Å². The first-order valence-corrected chi connectivity index (χ1v) is 5.13. The molecule has 4 N–H and O–H groups in total. The van der Waals surface area contributed by atoms with Gasteiger partial charge < -0.3 is 1.43 Å². The molecule has 2 heterocycles. The van der Waals surface area contributed by atoms with Gasteiger partial charge in [0.15, 0.2) is 0 Å². The topological polar surface area (TPSA) is 175 Å². The van der Waals surface area contributed by atoms with E-state index in [2.05, 4.69) is 0 Å². The van der Waals surface area contributed by atoms with E-state index in [1.807, 2.05) is 0 Å². The monoisotopic (exact) mass is 350 g/mol. The van der Waals surface area contributed by atoms with Crippen LogP contribution in [0.1, 0.15) is 1.43 Å². The van der Waals surface area contributed by atoms with Crippen molar-refractivity contribution >= 4 is 23.6 Å². The summed E-state index contributed by atoms with van der Waals surface area (Å²) >= 11 is 10.1. The van der Waals surface area contributed by atoms with E-state index in [4.69, 9.17) is 23.6 Å². The van der Waals surface area contributed by atoms with Crippen molar-refractivity contribution in [3.8, 4) is 0 Å². The summed E-state index contributed by atoms with van der Waals surface area (Å²) in [4.78, 5) is 69.3. The Labute approximate surface area is 145 Å². The number of hydrogen-bond donors (Lipinski definition) is 4. The maximum absolute atomic E-state index is 10.7. The molecular weight excluding hydrogens is 346 g/mol. The molecule has 0 radical (unpaired) electrons. The van der Waals surface area contributed by atoms with Gasteiger partial charge in [-0.15, -0.1) is 8.17 Å². The largest absolute Gasteiger partial charge is 1.00 e. The van der Waals surface area contributed by atoms with Gasteiger partial charge in [0.25, 0.3) is 0 Å². The standard InChI is InChI=1S/C3HCl2N3O3.C3H3N3O3.Na.H/c4-7-1(9)6-2(10)8(5)3(7)11;7-1-4-2(8)6-3(9)5-1;;/h(H,6,9,10);(H3,4,5,6,7,8,9);;/q;;+1;-1. The first-order valence-electron chi connectivity index (χ1n) is 4.46. The zero-order valence-corrected chi connectivity index (χ0v) is 13.6. The quantitative estimate of drug-likeness (QED) is 0.343. The van der Waals surface area contributed by atoms with Crippen molar-refractivity contribution in [2.45, 2.75) is 0 Å². The van der Waals surface area contributed by atoms with Crippen molar-refractivity contribution in [3.05, 3.63) is 62.9 Å². The molecule has 21 heavy (non-hydrogen) atoms. The van der Waals surface area contributed by atoms with E-state index in [9.17, 15) is 28.8 Å². The van der Waals surface area contributed by atoms with Crippen LogP contribution < -0.4 is 63.7 Å². The smallest absolute Gasteiger partial charge is 1.00 e. The fourth-order valence-electron chi connectivity index (χ4n) is 0.844. The van der Waals surface area contributed by atoms with Crippen molar-refractivity contribution in [1.82, 2.24) is 28.1 Å². The molecule has 0 atom stereocenters. The summed E-state index contributed by atoms with van der Waals surface area (Å²) in [6.07, 6.45) is 0. The molecule has 0 unspecified atom stereocenters. The summed E-state index contributed by atoms with van der Waals surface area (Å²) in [6, 6.07) is 0. The first-order chi connectivity index (χ1) is 9.22. The van der Waals surface area contributed by atoms with Crippen molar-refractivity contribution in [3.63, 3.8) is 0 Å². The zero-order chi connectivity index (χ0) is 15.4. The van der Waals surface area contributed by atoms with E-state index in [0.29, 0.717) is 0 Å². The average molecular weight is 351 g/mol. The molecule has 0 aliphatic heterocycles. The van der Waals surface area contributed by atoms with Gasteiger partial charge in [0.05, 0.1) is 0 Å². The van der Waals surface area contributed by atoms with Crippen LogP contribution >= 0.6 is 23.6 Å². The van der Waals surface area contributed by atoms with Gasteiger partial charge in [0.1, 0.15) is 0 Å². The van der Waals surface area contributed by atoms with Gasteiger partial charge in [0, 0.05) is 23.6 Å². The minimum atomic E-state index is -1.10. The van der Waals surface area contributed by atoms with Gasteiger partial charge in [0.2, 0.25) is 0 Å². The van der Waals surface area contributed by atoms with E-state index in [1.54, 1.807) is 19.9 Å². The number of aromatic nitrogens is 6. The predicted molar refractivity (Wildman–Crippen MR) is 67.5 cm³/mol. The Morgan fingerprint density at radius 2 is 0.952 bits per heavy atom. The number of nitrogens with one attached hydrogen (secondary N) is 4. The molecule has 2 rings (SSSR count). The van der Waals surface area contributed by atoms with Crippen molar-refractivity contribution in [2.75, 3.05) is 0 Å². The van der Waals surface area contributed by atoms with Gasteiger partial charge in [-0.1, -0.05) is 0 Å². The number of hydrogen-bond acceptors (Lipinski definition) is 6. The number of aromatic amines is 4. The molecule has 0 aliphatic rings. The second-order valence-electron chi connectivity index (χ2n) is 2.94. The average Bonchev–Trinajstić information content (AvgIpc) is 2.33. The van der Waals surface area contributed by atoms with E-state index in [0.717, 1.165) is 0 Å². The molecule has 2 aromatic heterocycles. The van der Waals surface area contributed by atoms with Crippen LogP contribution in [0.15, 0.2) is 28.8 Å². The van der Waals surface area contributed by atoms with Crippen molar-refractivity contribution in [2.24, 2.45) is 0 Å². The zero-order valence-electron chi connectivity index (χ0n) is 11.1. The van der Waals surface area contributed by atoms with Crippen molar-refractivity contribution < 1.29 is 31.0 Å². The Morgan fingerprint density at radius 3 is 1.24 bits per heavy atom. The summed E-state index contributed by atoms with van der Waals surface area (Å²) < 4.78 is 0.322. The Bertz CT molecular complexity index is 852. The molecule has 0 aromatic carbocycles. The summed E-state index contributed by atoms with van der Waals surface area (Å²) in [5.41, 5.74) is -5.53. The Hall–Kier alpha value is -1.60. The summed E-state index contributed by atoms with van der Waals surface area (Å²) in [5, 5.41) is 0. The van der Waals surface area contributed by atoms with Crippen LogP contribution in [-0.2, 0) is 0 Å². The molecule has 2 aromatic rings. The molecular formula is C6H5Cl2N6NaO6. The third kappa shape index (κ3) is 5.35. The predicted octanol–water partition coefficient (Wildman–Crippen LogP) is -6.43. The van der Waals surface area contributed by atoms with Gasteiger partial charge in [-0.3, -0.25) is 19.9 Å². The number of halogens is 2. The number of nitrogens with zero attached hydrogens (tertiary/aromatic N) is 2. The van der Waals surface area contributed by atoms with Gasteiger partial charge in [-0.25, -0.2) is 28.8 Å². The molecule has 15 heteroatoms. The second-order valence-corrected chi connectivity index (χ2v) is 3.62. The van der Waals surface area contributed by atoms with Gasteiger partial charge >= 0.3 is 63.7 Å². The molecule has 0 saturated heterocycles. The summed E-state index contributed by atoms with van der Waals surface area (Å²) in [5.74, 6) is 0. The molecule has 12 nitrogen and oxygen atoms in total. The minimum Gasteiger partial charge on any atom is -1.00 e. The van der Waals surface area contributed by atoms with E-state index in [1.165, 1.54) is 0 Å². The number of H-pyrrole nitrogens is 4. The van der Waals surface area contributed by atoms with E-state index in [-0.39, 0.29) is 39.2 Å². The molecule has 110 valence electrons. The Kier molecular flexibility index (Phi) is 7.38. The normalized spacial score (nSPS) is 9.24.